The maximum atomic E-state index is 13.2. The molecule has 0 fully saturated rings. The van der Waals surface area contributed by atoms with Gasteiger partial charge in [0.05, 0.1) is 11.6 Å². The van der Waals surface area contributed by atoms with E-state index in [4.69, 9.17) is 16.3 Å². The largest absolute Gasteiger partial charge is 0.465 e. The fourth-order valence-corrected chi connectivity index (χ4v) is 1.46. The molecule has 88 valence electrons. The van der Waals surface area contributed by atoms with Crippen LogP contribution in [-0.4, -0.2) is 19.6 Å². The van der Waals surface area contributed by atoms with Gasteiger partial charge in [-0.25, -0.2) is 9.18 Å². The second-order valence-electron chi connectivity index (χ2n) is 3.15. The summed E-state index contributed by atoms with van der Waals surface area (Å²) in [6.45, 7) is 2.00. The van der Waals surface area contributed by atoms with Gasteiger partial charge in [0.15, 0.2) is 0 Å². The van der Waals surface area contributed by atoms with E-state index in [0.29, 0.717) is 5.56 Å². The lowest BCUT2D eigenvalue weighted by Crippen LogP contribution is -2.27. The van der Waals surface area contributed by atoms with E-state index in [1.54, 1.807) is 20.0 Å². The zero-order valence-electron chi connectivity index (χ0n) is 9.09. The SMILES string of the molecule is CCOC(=O)C(NC)c1ccc(Cl)c(F)c1. The van der Waals surface area contributed by atoms with E-state index in [0.717, 1.165) is 0 Å². The van der Waals surface area contributed by atoms with E-state index >= 15 is 0 Å². The number of hydrogen-bond donors (Lipinski definition) is 1. The van der Waals surface area contributed by atoms with Gasteiger partial charge in [0.1, 0.15) is 11.9 Å². The highest BCUT2D eigenvalue weighted by atomic mass is 35.5. The number of hydrogen-bond acceptors (Lipinski definition) is 3. The van der Waals surface area contributed by atoms with Crippen molar-refractivity contribution < 1.29 is 13.9 Å². The fourth-order valence-electron chi connectivity index (χ4n) is 1.34. The first-order valence-corrected chi connectivity index (χ1v) is 5.26. The van der Waals surface area contributed by atoms with Crippen molar-refractivity contribution in [2.75, 3.05) is 13.7 Å². The number of benzene rings is 1. The van der Waals surface area contributed by atoms with Crippen LogP contribution < -0.4 is 5.32 Å². The summed E-state index contributed by atoms with van der Waals surface area (Å²) in [6.07, 6.45) is 0. The third-order valence-corrected chi connectivity index (χ3v) is 2.39. The summed E-state index contributed by atoms with van der Waals surface area (Å²) >= 11 is 5.56. The molecule has 1 N–H and O–H groups in total. The molecule has 0 heterocycles. The Morgan fingerprint density at radius 1 is 1.62 bits per heavy atom. The molecule has 0 aliphatic rings. The molecule has 5 heteroatoms. The van der Waals surface area contributed by atoms with Gasteiger partial charge >= 0.3 is 5.97 Å². The molecular formula is C11H13ClFNO2. The topological polar surface area (TPSA) is 38.3 Å². The zero-order chi connectivity index (χ0) is 12.1. The Labute approximate surface area is 98.5 Å². The molecule has 16 heavy (non-hydrogen) atoms. The first-order chi connectivity index (χ1) is 7.60. The minimum Gasteiger partial charge on any atom is -0.465 e. The molecule has 0 bridgehead atoms. The number of esters is 1. The lowest BCUT2D eigenvalue weighted by Gasteiger charge is -2.15. The minimum atomic E-state index is -0.674. The summed E-state index contributed by atoms with van der Waals surface area (Å²) in [5.41, 5.74) is 0.489. The van der Waals surface area contributed by atoms with Crippen LogP contribution in [0.15, 0.2) is 18.2 Å². The molecule has 1 unspecified atom stereocenters. The molecule has 3 nitrogen and oxygen atoms in total. The quantitative estimate of drug-likeness (QED) is 0.828. The molecule has 1 rings (SSSR count). The normalized spacial score (nSPS) is 12.2. The lowest BCUT2D eigenvalue weighted by atomic mass is 10.1. The van der Waals surface area contributed by atoms with Crippen LogP contribution in [-0.2, 0) is 9.53 Å². The smallest absolute Gasteiger partial charge is 0.327 e. The Balaban J connectivity index is 2.95. The summed E-state index contributed by atoms with van der Waals surface area (Å²) < 4.78 is 18.1. The van der Waals surface area contributed by atoms with E-state index in [2.05, 4.69) is 5.32 Å². The van der Waals surface area contributed by atoms with Crippen molar-refractivity contribution in [1.29, 1.82) is 0 Å². The van der Waals surface area contributed by atoms with Crippen LogP contribution in [0.5, 0.6) is 0 Å². The molecule has 0 aromatic heterocycles. The van der Waals surface area contributed by atoms with E-state index in [-0.39, 0.29) is 11.6 Å². The summed E-state index contributed by atoms with van der Waals surface area (Å²) in [6, 6.07) is 3.55. The number of nitrogens with one attached hydrogen (secondary N) is 1. The van der Waals surface area contributed by atoms with Gasteiger partial charge in [-0.2, -0.15) is 0 Å². The lowest BCUT2D eigenvalue weighted by molar-refractivity contribution is -0.145. The Hall–Kier alpha value is -1.13. The Bertz CT molecular complexity index is 384. The summed E-state index contributed by atoms with van der Waals surface area (Å²) in [5, 5.41) is 2.80. The second kappa shape index (κ2) is 5.82. The maximum absolute atomic E-state index is 13.2. The highest BCUT2D eigenvalue weighted by Crippen LogP contribution is 2.20. The van der Waals surface area contributed by atoms with Gasteiger partial charge in [-0.15, -0.1) is 0 Å². The number of likely N-dealkylation sites (N-methyl/N-ethyl adjacent to an activating group) is 1. The standard InChI is InChI=1S/C11H13ClFNO2/c1-3-16-11(15)10(14-2)7-4-5-8(12)9(13)6-7/h4-6,10,14H,3H2,1-2H3. The monoisotopic (exact) mass is 245 g/mol. The molecule has 0 aliphatic carbocycles. The Morgan fingerprint density at radius 3 is 2.81 bits per heavy atom. The molecule has 0 aliphatic heterocycles. The van der Waals surface area contributed by atoms with E-state index < -0.39 is 17.8 Å². The van der Waals surface area contributed by atoms with Crippen LogP contribution in [0.3, 0.4) is 0 Å². The maximum Gasteiger partial charge on any atom is 0.327 e. The number of ether oxygens (including phenoxy) is 1. The zero-order valence-corrected chi connectivity index (χ0v) is 9.84. The van der Waals surface area contributed by atoms with Gasteiger partial charge in [0.25, 0.3) is 0 Å². The number of rotatable bonds is 4. The van der Waals surface area contributed by atoms with Gasteiger partial charge < -0.3 is 10.1 Å². The van der Waals surface area contributed by atoms with Crippen molar-refractivity contribution in [3.8, 4) is 0 Å². The molecule has 1 aromatic carbocycles. The fraction of sp³-hybridized carbons (Fsp3) is 0.364. The second-order valence-corrected chi connectivity index (χ2v) is 3.55. The van der Waals surface area contributed by atoms with Gasteiger partial charge in [-0.05, 0) is 31.7 Å². The highest BCUT2D eigenvalue weighted by Gasteiger charge is 2.20. The van der Waals surface area contributed by atoms with Crippen LogP contribution >= 0.6 is 11.6 Å². The third kappa shape index (κ3) is 2.93. The predicted molar refractivity (Wildman–Crippen MR) is 59.8 cm³/mol. The van der Waals surface area contributed by atoms with Crippen molar-refractivity contribution in [3.63, 3.8) is 0 Å². The predicted octanol–water partition coefficient (Wildman–Crippen LogP) is 2.30. The molecule has 1 aromatic rings. The third-order valence-electron chi connectivity index (χ3n) is 2.09. The van der Waals surface area contributed by atoms with Crippen LogP contribution in [0.4, 0.5) is 4.39 Å². The van der Waals surface area contributed by atoms with E-state index in [1.807, 2.05) is 0 Å². The average molecular weight is 246 g/mol. The molecular weight excluding hydrogens is 233 g/mol. The van der Waals surface area contributed by atoms with Gasteiger partial charge in [0, 0.05) is 0 Å². The van der Waals surface area contributed by atoms with Crippen molar-refractivity contribution >= 4 is 17.6 Å². The first kappa shape index (κ1) is 12.9. The van der Waals surface area contributed by atoms with E-state index in [9.17, 15) is 9.18 Å². The van der Waals surface area contributed by atoms with Crippen LogP contribution in [0, 0.1) is 5.82 Å². The highest BCUT2D eigenvalue weighted by molar-refractivity contribution is 6.30. The van der Waals surface area contributed by atoms with Gasteiger partial charge in [0.2, 0.25) is 0 Å². The average Bonchev–Trinajstić information content (AvgIpc) is 2.25. The van der Waals surface area contributed by atoms with E-state index in [1.165, 1.54) is 12.1 Å². The Kier molecular flexibility index (Phi) is 4.71. The van der Waals surface area contributed by atoms with Crippen molar-refractivity contribution in [1.82, 2.24) is 5.32 Å². The molecule has 0 amide bonds. The van der Waals surface area contributed by atoms with Crippen LogP contribution in [0.1, 0.15) is 18.5 Å². The minimum absolute atomic E-state index is 0.0301. The number of carbonyl (C=O) groups is 1. The number of halogens is 2. The molecule has 0 saturated heterocycles. The van der Waals surface area contributed by atoms with Gasteiger partial charge in [-0.3, -0.25) is 0 Å². The first-order valence-electron chi connectivity index (χ1n) is 4.89. The molecule has 0 saturated carbocycles. The van der Waals surface area contributed by atoms with Crippen molar-refractivity contribution in [2.45, 2.75) is 13.0 Å². The molecule has 0 radical (unpaired) electrons. The van der Waals surface area contributed by atoms with Gasteiger partial charge in [-0.1, -0.05) is 17.7 Å². The van der Waals surface area contributed by atoms with Crippen LogP contribution in [0.25, 0.3) is 0 Å². The summed E-state index contributed by atoms with van der Waals surface area (Å²) in [5.74, 6) is -0.990. The number of carbonyl (C=O) groups excluding carboxylic acids is 1. The molecule has 1 atom stereocenters. The summed E-state index contributed by atoms with van der Waals surface area (Å²) in [4.78, 5) is 11.5. The Morgan fingerprint density at radius 2 is 2.31 bits per heavy atom. The van der Waals surface area contributed by atoms with Crippen LogP contribution in [0.2, 0.25) is 5.02 Å². The molecule has 0 spiro atoms. The summed E-state index contributed by atoms with van der Waals surface area (Å²) in [7, 11) is 1.61. The van der Waals surface area contributed by atoms with Crippen molar-refractivity contribution in [2.24, 2.45) is 0 Å². The van der Waals surface area contributed by atoms with Crippen molar-refractivity contribution in [3.05, 3.63) is 34.6 Å².